The molecular formula is C26H37N5O3S. The summed E-state index contributed by atoms with van der Waals surface area (Å²) in [5.41, 5.74) is 2.63. The second kappa shape index (κ2) is 9.65. The molecule has 0 radical (unpaired) electrons. The zero-order valence-corrected chi connectivity index (χ0v) is 22.0. The maximum absolute atomic E-state index is 13.6. The van der Waals surface area contributed by atoms with Crippen molar-refractivity contribution in [2.75, 3.05) is 19.6 Å². The van der Waals surface area contributed by atoms with Gasteiger partial charge in [-0.3, -0.25) is 4.79 Å². The van der Waals surface area contributed by atoms with Crippen molar-refractivity contribution in [1.29, 1.82) is 0 Å². The van der Waals surface area contributed by atoms with Crippen molar-refractivity contribution in [1.82, 2.24) is 24.0 Å². The number of hydrogen-bond donors (Lipinski definition) is 0. The van der Waals surface area contributed by atoms with Crippen LogP contribution < -0.4 is 0 Å². The van der Waals surface area contributed by atoms with Crippen LogP contribution in [0.2, 0.25) is 0 Å². The molecule has 0 bridgehead atoms. The second-order valence-electron chi connectivity index (χ2n) is 10.5. The number of carbonyl (C=O) groups is 1. The molecule has 3 aliphatic heterocycles. The third-order valence-electron chi connectivity index (χ3n) is 7.98. The first-order valence-electron chi connectivity index (χ1n) is 13.1. The minimum Gasteiger partial charge on any atom is -0.332 e. The number of amides is 1. The average Bonchev–Trinajstić information content (AvgIpc) is 3.38. The van der Waals surface area contributed by atoms with Gasteiger partial charge in [0.05, 0.1) is 10.9 Å². The maximum atomic E-state index is 13.6. The van der Waals surface area contributed by atoms with E-state index in [1.165, 1.54) is 6.42 Å². The standard InChI is InChI=1S/C26H37N5O3S/c1-18-16-19(2)24(20(3)17-18)35(33,34)29-14-10-21(11-15-29)26(32)30-13-7-8-22(30)25-28-27-23-9-5-4-6-12-31(23)25/h16-17,21-22H,4-15H2,1-3H3. The van der Waals surface area contributed by atoms with E-state index < -0.39 is 10.0 Å². The summed E-state index contributed by atoms with van der Waals surface area (Å²) < 4.78 is 30.7. The molecule has 1 aromatic carbocycles. The molecule has 8 nitrogen and oxygen atoms in total. The van der Waals surface area contributed by atoms with Gasteiger partial charge in [0.15, 0.2) is 5.82 Å². The largest absolute Gasteiger partial charge is 0.332 e. The molecule has 2 aromatic rings. The van der Waals surface area contributed by atoms with E-state index in [4.69, 9.17) is 0 Å². The lowest BCUT2D eigenvalue weighted by atomic mass is 9.96. The average molecular weight is 500 g/mol. The van der Waals surface area contributed by atoms with E-state index in [1.807, 2.05) is 37.8 Å². The molecule has 0 saturated carbocycles. The number of carbonyl (C=O) groups excluding carboxylic acids is 1. The lowest BCUT2D eigenvalue weighted by molar-refractivity contribution is -0.137. The van der Waals surface area contributed by atoms with Crippen LogP contribution in [0.5, 0.6) is 0 Å². The summed E-state index contributed by atoms with van der Waals surface area (Å²) >= 11 is 0. The molecule has 0 spiro atoms. The van der Waals surface area contributed by atoms with Gasteiger partial charge in [-0.05, 0) is 70.4 Å². The summed E-state index contributed by atoms with van der Waals surface area (Å²) in [5.74, 6) is 2.00. The molecule has 4 heterocycles. The number of hydrogen-bond acceptors (Lipinski definition) is 5. The van der Waals surface area contributed by atoms with Gasteiger partial charge in [-0.15, -0.1) is 10.2 Å². The van der Waals surface area contributed by atoms with Crippen molar-refractivity contribution in [3.8, 4) is 0 Å². The van der Waals surface area contributed by atoms with E-state index >= 15 is 0 Å². The Balaban J connectivity index is 1.28. The van der Waals surface area contributed by atoms with Crippen LogP contribution in [-0.2, 0) is 27.8 Å². The molecular weight excluding hydrogens is 462 g/mol. The number of benzene rings is 1. The number of aryl methyl sites for hydroxylation is 4. The lowest BCUT2D eigenvalue weighted by Crippen LogP contribution is -2.44. The molecule has 9 heteroatoms. The zero-order valence-electron chi connectivity index (χ0n) is 21.2. The lowest BCUT2D eigenvalue weighted by Gasteiger charge is -2.34. The first kappa shape index (κ1) is 24.4. The Labute approximate surface area is 208 Å². The predicted octanol–water partition coefficient (Wildman–Crippen LogP) is 3.69. The SMILES string of the molecule is Cc1cc(C)c(S(=O)(=O)N2CCC(C(=O)N3CCCC3c3nnc4n3CCCCC4)CC2)c(C)c1. The van der Waals surface area contributed by atoms with Gasteiger partial charge in [0.25, 0.3) is 0 Å². The third kappa shape index (κ3) is 4.53. The first-order valence-corrected chi connectivity index (χ1v) is 14.5. The van der Waals surface area contributed by atoms with Crippen molar-refractivity contribution < 1.29 is 13.2 Å². The third-order valence-corrected chi connectivity index (χ3v) is 10.2. The Morgan fingerprint density at radius 2 is 1.60 bits per heavy atom. The van der Waals surface area contributed by atoms with Crippen molar-refractivity contribution >= 4 is 15.9 Å². The Hall–Kier alpha value is -2.26. The zero-order chi connectivity index (χ0) is 24.7. The van der Waals surface area contributed by atoms with Crippen molar-refractivity contribution in [2.24, 2.45) is 5.92 Å². The number of fused-ring (bicyclic) bond motifs is 1. The minimum absolute atomic E-state index is 0.0125. The van der Waals surface area contributed by atoms with Gasteiger partial charge in [0.1, 0.15) is 5.82 Å². The number of likely N-dealkylation sites (tertiary alicyclic amines) is 1. The van der Waals surface area contributed by atoms with Crippen molar-refractivity contribution in [3.05, 3.63) is 40.5 Å². The molecule has 1 unspecified atom stereocenters. The second-order valence-corrected chi connectivity index (χ2v) is 12.4. The fraction of sp³-hybridized carbons (Fsp3) is 0.654. The summed E-state index contributed by atoms with van der Waals surface area (Å²) in [7, 11) is -3.58. The van der Waals surface area contributed by atoms with Gasteiger partial charge < -0.3 is 9.47 Å². The summed E-state index contributed by atoms with van der Waals surface area (Å²) in [6.45, 7) is 8.14. The highest BCUT2D eigenvalue weighted by Crippen LogP contribution is 2.36. The molecule has 1 amide bonds. The van der Waals surface area contributed by atoms with Crippen molar-refractivity contribution in [2.45, 2.75) is 89.6 Å². The molecule has 5 rings (SSSR count). The van der Waals surface area contributed by atoms with Crippen LogP contribution in [-0.4, -0.2) is 57.9 Å². The highest BCUT2D eigenvalue weighted by atomic mass is 32.2. The molecule has 1 aromatic heterocycles. The van der Waals surface area contributed by atoms with Crippen LogP contribution in [0.4, 0.5) is 0 Å². The normalized spacial score (nSPS) is 22.3. The van der Waals surface area contributed by atoms with Crippen molar-refractivity contribution in [3.63, 3.8) is 0 Å². The molecule has 35 heavy (non-hydrogen) atoms. The van der Waals surface area contributed by atoms with Crippen LogP contribution in [0.1, 0.15) is 79.3 Å². The van der Waals surface area contributed by atoms with Gasteiger partial charge in [-0.25, -0.2) is 8.42 Å². The van der Waals surface area contributed by atoms with Crippen LogP contribution in [0.3, 0.4) is 0 Å². The fourth-order valence-corrected chi connectivity index (χ4v) is 8.21. The quantitative estimate of drug-likeness (QED) is 0.640. The molecule has 0 aliphatic carbocycles. The highest BCUT2D eigenvalue weighted by molar-refractivity contribution is 7.89. The predicted molar refractivity (Wildman–Crippen MR) is 133 cm³/mol. The van der Waals surface area contributed by atoms with E-state index in [-0.39, 0.29) is 17.9 Å². The highest BCUT2D eigenvalue weighted by Gasteiger charge is 2.40. The van der Waals surface area contributed by atoms with E-state index in [2.05, 4.69) is 14.8 Å². The van der Waals surface area contributed by atoms with E-state index in [0.717, 1.165) is 73.5 Å². The van der Waals surface area contributed by atoms with Crippen LogP contribution in [0.25, 0.3) is 0 Å². The smallest absolute Gasteiger partial charge is 0.243 e. The Morgan fingerprint density at radius 3 is 2.31 bits per heavy atom. The molecule has 1 atom stereocenters. The number of nitrogens with zero attached hydrogens (tertiary/aromatic N) is 5. The number of piperidine rings is 1. The minimum atomic E-state index is -3.58. The van der Waals surface area contributed by atoms with E-state index in [0.29, 0.717) is 30.8 Å². The Morgan fingerprint density at radius 1 is 0.886 bits per heavy atom. The molecule has 0 N–H and O–H groups in total. The molecule has 190 valence electrons. The summed E-state index contributed by atoms with van der Waals surface area (Å²) in [4.78, 5) is 16.0. The van der Waals surface area contributed by atoms with Crippen LogP contribution in [0.15, 0.2) is 17.0 Å². The van der Waals surface area contributed by atoms with Crippen LogP contribution in [0, 0.1) is 26.7 Å². The number of rotatable bonds is 4. The first-order chi connectivity index (χ1) is 16.8. The summed E-state index contributed by atoms with van der Waals surface area (Å²) in [6, 6.07) is 3.84. The molecule has 3 aliphatic rings. The van der Waals surface area contributed by atoms with Gasteiger partial charge in [0, 0.05) is 38.5 Å². The Bertz CT molecular complexity index is 1190. The number of aromatic nitrogens is 3. The molecule has 2 saturated heterocycles. The Kier molecular flexibility index (Phi) is 6.74. The summed E-state index contributed by atoms with van der Waals surface area (Å²) in [6.07, 6.45) is 7.45. The van der Waals surface area contributed by atoms with Crippen LogP contribution >= 0.6 is 0 Å². The van der Waals surface area contributed by atoms with E-state index in [1.54, 1.807) is 4.31 Å². The fourth-order valence-electron chi connectivity index (χ4n) is 6.33. The van der Waals surface area contributed by atoms with E-state index in [9.17, 15) is 13.2 Å². The number of sulfonamides is 1. The topological polar surface area (TPSA) is 88.4 Å². The maximum Gasteiger partial charge on any atom is 0.243 e. The monoisotopic (exact) mass is 499 g/mol. The van der Waals surface area contributed by atoms with Gasteiger partial charge in [-0.2, -0.15) is 4.31 Å². The van der Waals surface area contributed by atoms with Gasteiger partial charge >= 0.3 is 0 Å². The van der Waals surface area contributed by atoms with Gasteiger partial charge in [-0.1, -0.05) is 24.1 Å². The summed E-state index contributed by atoms with van der Waals surface area (Å²) in [5, 5.41) is 8.99. The van der Waals surface area contributed by atoms with Gasteiger partial charge in [0.2, 0.25) is 15.9 Å². The molecule has 2 fully saturated rings.